The predicted molar refractivity (Wildman–Crippen MR) is 61.5 cm³/mol. The zero-order valence-electron chi connectivity index (χ0n) is 9.52. The van der Waals surface area contributed by atoms with E-state index in [4.69, 9.17) is 5.73 Å². The highest BCUT2D eigenvalue weighted by molar-refractivity contribution is 7.89. The van der Waals surface area contributed by atoms with Gasteiger partial charge in [0.1, 0.15) is 23.1 Å². The fourth-order valence-electron chi connectivity index (χ4n) is 1.16. The Bertz CT molecular complexity index is 591. The van der Waals surface area contributed by atoms with Crippen molar-refractivity contribution in [2.24, 2.45) is 5.73 Å². The Hall–Kier alpha value is -1.94. The summed E-state index contributed by atoms with van der Waals surface area (Å²) in [6.45, 7) is -0.644. The Labute approximate surface area is 107 Å². The summed E-state index contributed by atoms with van der Waals surface area (Å²) >= 11 is 0. The number of sulfonamides is 1. The molecule has 0 aliphatic heterocycles. The third-order valence-corrected chi connectivity index (χ3v) is 3.46. The lowest BCUT2D eigenvalue weighted by molar-refractivity contribution is 0.159. The van der Waals surface area contributed by atoms with Gasteiger partial charge >= 0.3 is 6.09 Å². The van der Waals surface area contributed by atoms with E-state index >= 15 is 0 Å². The first-order chi connectivity index (χ1) is 8.74. The van der Waals surface area contributed by atoms with Gasteiger partial charge in [0.15, 0.2) is 0 Å². The molecule has 1 amide bonds. The molecule has 0 aromatic heterocycles. The van der Waals surface area contributed by atoms with Gasteiger partial charge in [0.2, 0.25) is 10.0 Å². The summed E-state index contributed by atoms with van der Waals surface area (Å²) < 4.78 is 55.8. The van der Waals surface area contributed by atoms with Crippen molar-refractivity contribution in [1.82, 2.24) is 4.72 Å². The van der Waals surface area contributed by atoms with Crippen molar-refractivity contribution in [3.8, 4) is 0 Å². The molecule has 106 valence electrons. The van der Waals surface area contributed by atoms with E-state index in [0.29, 0.717) is 12.1 Å². The molecular formula is C9H11F2N3O4S. The van der Waals surface area contributed by atoms with E-state index in [0.717, 1.165) is 0 Å². The molecule has 0 aliphatic carbocycles. The monoisotopic (exact) mass is 295 g/mol. The molecule has 0 saturated carbocycles. The molecule has 0 unspecified atom stereocenters. The van der Waals surface area contributed by atoms with Crippen molar-refractivity contribution < 1.29 is 26.7 Å². The first-order valence-electron chi connectivity index (χ1n) is 4.90. The zero-order chi connectivity index (χ0) is 14.6. The molecule has 1 rings (SSSR count). The number of nitrogens with one attached hydrogen (secondary N) is 1. The first kappa shape index (κ1) is 15.1. The lowest BCUT2D eigenvalue weighted by Gasteiger charge is -2.08. The number of benzene rings is 1. The summed E-state index contributed by atoms with van der Waals surface area (Å²) in [6, 6.07) is 1.02. The summed E-state index contributed by atoms with van der Waals surface area (Å²) in [7, 11) is -4.23. The van der Waals surface area contributed by atoms with E-state index in [9.17, 15) is 22.0 Å². The summed E-state index contributed by atoms with van der Waals surface area (Å²) in [5.74, 6) is -2.34. The second kappa shape index (κ2) is 5.80. The highest BCUT2D eigenvalue weighted by Crippen LogP contribution is 2.20. The molecule has 19 heavy (non-hydrogen) atoms. The molecule has 0 fully saturated rings. The van der Waals surface area contributed by atoms with Crippen LogP contribution in [-0.4, -0.2) is 27.7 Å². The van der Waals surface area contributed by atoms with Gasteiger partial charge in [0, 0.05) is 12.6 Å². The molecule has 0 atom stereocenters. The number of anilines is 1. The number of halogens is 2. The second-order valence-corrected chi connectivity index (χ2v) is 5.10. The van der Waals surface area contributed by atoms with Gasteiger partial charge in [0.05, 0.1) is 5.69 Å². The molecule has 0 heterocycles. The average Bonchev–Trinajstić information content (AvgIpc) is 2.29. The van der Waals surface area contributed by atoms with Gasteiger partial charge in [-0.05, 0) is 6.07 Å². The minimum absolute atomic E-state index is 0.317. The van der Waals surface area contributed by atoms with Crippen LogP contribution in [0.25, 0.3) is 0 Å². The third kappa shape index (κ3) is 4.03. The van der Waals surface area contributed by atoms with E-state index < -0.39 is 38.3 Å². The number of primary amides is 1. The number of nitrogen functional groups attached to an aromatic ring is 1. The molecule has 10 heteroatoms. The van der Waals surface area contributed by atoms with Gasteiger partial charge in [-0.2, -0.15) is 0 Å². The zero-order valence-corrected chi connectivity index (χ0v) is 10.3. The van der Waals surface area contributed by atoms with Gasteiger partial charge in [-0.1, -0.05) is 0 Å². The lowest BCUT2D eigenvalue weighted by Crippen LogP contribution is -2.29. The molecule has 7 nitrogen and oxygen atoms in total. The van der Waals surface area contributed by atoms with Crippen molar-refractivity contribution in [2.75, 3.05) is 18.9 Å². The van der Waals surface area contributed by atoms with E-state index in [1.54, 1.807) is 0 Å². The van der Waals surface area contributed by atoms with Gasteiger partial charge in [-0.15, -0.1) is 0 Å². The largest absolute Gasteiger partial charge is 0.448 e. The lowest BCUT2D eigenvalue weighted by atomic mass is 10.3. The van der Waals surface area contributed by atoms with E-state index in [2.05, 4.69) is 10.5 Å². The van der Waals surface area contributed by atoms with Crippen LogP contribution in [-0.2, 0) is 14.8 Å². The number of nitrogens with two attached hydrogens (primary N) is 2. The van der Waals surface area contributed by atoms with Crippen molar-refractivity contribution in [2.45, 2.75) is 4.90 Å². The number of ether oxygens (including phenoxy) is 1. The van der Waals surface area contributed by atoms with Crippen LogP contribution in [0.5, 0.6) is 0 Å². The molecule has 0 saturated heterocycles. The van der Waals surface area contributed by atoms with Crippen molar-refractivity contribution >= 4 is 21.8 Å². The van der Waals surface area contributed by atoms with Crippen LogP contribution in [0.15, 0.2) is 17.0 Å². The van der Waals surface area contributed by atoms with Crippen LogP contribution in [0.2, 0.25) is 0 Å². The Morgan fingerprint density at radius 3 is 2.53 bits per heavy atom. The highest BCUT2D eigenvalue weighted by atomic mass is 32.2. The first-order valence-corrected chi connectivity index (χ1v) is 6.39. The second-order valence-electron chi connectivity index (χ2n) is 3.37. The number of carbonyl (C=O) groups excluding carboxylic acids is 1. The van der Waals surface area contributed by atoms with Crippen molar-refractivity contribution in [3.63, 3.8) is 0 Å². The molecule has 1 aromatic rings. The number of carbonyl (C=O) groups is 1. The predicted octanol–water partition coefficient (Wildman–Crippen LogP) is -0.0794. The number of hydrogen-bond donors (Lipinski definition) is 3. The fourth-order valence-corrected chi connectivity index (χ4v) is 2.26. The van der Waals surface area contributed by atoms with Crippen LogP contribution < -0.4 is 16.2 Å². The van der Waals surface area contributed by atoms with Crippen molar-refractivity contribution in [1.29, 1.82) is 0 Å². The van der Waals surface area contributed by atoms with Crippen LogP contribution in [0.1, 0.15) is 0 Å². The maximum absolute atomic E-state index is 13.3. The molecule has 0 bridgehead atoms. The summed E-state index contributed by atoms with van der Waals surface area (Å²) in [4.78, 5) is 9.43. The maximum atomic E-state index is 13.3. The standard InChI is InChI=1S/C9H11F2N3O4S/c10-5-3-6(11)8(4-7(5)12)19(16,17)14-1-2-18-9(13)15/h3-4,14H,1-2,12H2,(H2,13,15). The van der Waals surface area contributed by atoms with Gasteiger partial charge in [-0.3, -0.25) is 0 Å². The van der Waals surface area contributed by atoms with Crippen LogP contribution in [0.3, 0.4) is 0 Å². The van der Waals surface area contributed by atoms with E-state index in [1.165, 1.54) is 0 Å². The third-order valence-electron chi connectivity index (χ3n) is 1.98. The molecule has 5 N–H and O–H groups in total. The Kier molecular flexibility index (Phi) is 4.62. The van der Waals surface area contributed by atoms with Crippen molar-refractivity contribution in [3.05, 3.63) is 23.8 Å². The number of rotatable bonds is 5. The molecule has 0 radical (unpaired) electrons. The van der Waals surface area contributed by atoms with Gasteiger partial charge in [-0.25, -0.2) is 26.7 Å². The summed E-state index contributed by atoms with van der Waals surface area (Å²) in [6.07, 6.45) is -1.07. The summed E-state index contributed by atoms with van der Waals surface area (Å²) in [5.41, 5.74) is 9.31. The minimum atomic E-state index is -4.23. The molecule has 0 spiro atoms. The Morgan fingerprint density at radius 2 is 1.95 bits per heavy atom. The SMILES string of the molecule is NC(=O)OCCNS(=O)(=O)c1cc(N)c(F)cc1F. The van der Waals surface area contributed by atoms with Crippen LogP contribution in [0, 0.1) is 11.6 Å². The highest BCUT2D eigenvalue weighted by Gasteiger charge is 2.20. The van der Waals surface area contributed by atoms with Gasteiger partial charge < -0.3 is 16.2 Å². The minimum Gasteiger partial charge on any atom is -0.448 e. The van der Waals surface area contributed by atoms with Gasteiger partial charge in [0.25, 0.3) is 0 Å². The number of hydrogen-bond acceptors (Lipinski definition) is 5. The van der Waals surface area contributed by atoms with Crippen LogP contribution in [0.4, 0.5) is 19.3 Å². The fraction of sp³-hybridized carbons (Fsp3) is 0.222. The number of amides is 1. The van der Waals surface area contributed by atoms with Crippen LogP contribution >= 0.6 is 0 Å². The normalized spacial score (nSPS) is 11.3. The Balaban J connectivity index is 2.83. The quantitative estimate of drug-likeness (QED) is 0.517. The smallest absolute Gasteiger partial charge is 0.404 e. The molecule has 1 aromatic carbocycles. The summed E-state index contributed by atoms with van der Waals surface area (Å²) in [5, 5.41) is 0. The molecular weight excluding hydrogens is 284 g/mol. The van der Waals surface area contributed by atoms with E-state index in [1.807, 2.05) is 4.72 Å². The maximum Gasteiger partial charge on any atom is 0.404 e. The average molecular weight is 295 g/mol. The van der Waals surface area contributed by atoms with E-state index in [-0.39, 0.29) is 13.2 Å². The molecule has 0 aliphatic rings. The topological polar surface area (TPSA) is 125 Å². The Morgan fingerprint density at radius 1 is 1.32 bits per heavy atom.